The maximum absolute atomic E-state index is 11.9. The molecule has 0 heterocycles. The second kappa shape index (κ2) is 10.6. The Labute approximate surface area is 156 Å². The van der Waals surface area contributed by atoms with Gasteiger partial charge in [-0.25, -0.2) is 17.9 Å². The van der Waals surface area contributed by atoms with E-state index in [1.165, 1.54) is 6.42 Å². The van der Waals surface area contributed by atoms with Gasteiger partial charge < -0.3 is 20.7 Å². The van der Waals surface area contributed by atoms with Gasteiger partial charge in [0.05, 0.1) is 5.75 Å². The molecule has 4 N–H and O–H groups in total. The van der Waals surface area contributed by atoms with Crippen LogP contribution >= 0.6 is 0 Å². The van der Waals surface area contributed by atoms with E-state index in [2.05, 4.69) is 25.7 Å². The lowest BCUT2D eigenvalue weighted by atomic mass is 9.86. The monoisotopic (exact) mass is 391 g/mol. The van der Waals surface area contributed by atoms with Crippen LogP contribution in [0.25, 0.3) is 0 Å². The smallest absolute Gasteiger partial charge is 0.407 e. The van der Waals surface area contributed by atoms with Crippen LogP contribution in [0.4, 0.5) is 4.79 Å². The second-order valence-corrected chi connectivity index (χ2v) is 9.25. The standard InChI is InChI=1S/C16H33N5O4S/c1-16(2,3)25-15(22)20-9-8-18-14(17-4)19-10-11-26(23,24)21-12-13-6-5-7-13/h13,21H,5-12H2,1-4H3,(H,20,22)(H2,17,18,19). The molecule has 0 aromatic carbocycles. The highest BCUT2D eigenvalue weighted by atomic mass is 32.2. The number of carbonyl (C=O) groups excluding carboxylic acids is 1. The summed E-state index contributed by atoms with van der Waals surface area (Å²) < 4.78 is 31.6. The van der Waals surface area contributed by atoms with Gasteiger partial charge in [-0.1, -0.05) is 6.42 Å². The number of hydrogen-bond donors (Lipinski definition) is 4. The van der Waals surface area contributed by atoms with E-state index in [0.29, 0.717) is 31.5 Å². The molecule has 1 rings (SSSR count). The van der Waals surface area contributed by atoms with Gasteiger partial charge in [-0.2, -0.15) is 0 Å². The van der Waals surface area contributed by atoms with Crippen LogP contribution in [-0.4, -0.2) is 65.1 Å². The minimum Gasteiger partial charge on any atom is -0.444 e. The van der Waals surface area contributed by atoms with E-state index in [9.17, 15) is 13.2 Å². The zero-order chi connectivity index (χ0) is 19.6. The predicted molar refractivity (Wildman–Crippen MR) is 103 cm³/mol. The first-order valence-corrected chi connectivity index (χ1v) is 10.7. The number of sulfonamides is 1. The number of carbonyl (C=O) groups is 1. The van der Waals surface area contributed by atoms with Crippen molar-refractivity contribution in [3.63, 3.8) is 0 Å². The summed E-state index contributed by atoms with van der Waals surface area (Å²) in [5, 5.41) is 8.56. The van der Waals surface area contributed by atoms with Crippen molar-refractivity contribution in [2.45, 2.75) is 45.6 Å². The summed E-state index contributed by atoms with van der Waals surface area (Å²) in [7, 11) is -1.68. The highest BCUT2D eigenvalue weighted by molar-refractivity contribution is 7.89. The lowest BCUT2D eigenvalue weighted by Crippen LogP contribution is -2.44. The van der Waals surface area contributed by atoms with Crippen LogP contribution in [0.3, 0.4) is 0 Å². The number of nitrogens with zero attached hydrogens (tertiary/aromatic N) is 1. The molecule has 152 valence electrons. The largest absolute Gasteiger partial charge is 0.444 e. The Bertz CT molecular complexity index is 568. The Kier molecular flexibility index (Phi) is 9.14. The fraction of sp³-hybridized carbons (Fsp3) is 0.875. The van der Waals surface area contributed by atoms with Crippen LogP contribution in [0, 0.1) is 5.92 Å². The number of guanidine groups is 1. The molecule has 0 spiro atoms. The topological polar surface area (TPSA) is 121 Å². The van der Waals surface area contributed by atoms with Crippen LogP contribution < -0.4 is 20.7 Å². The third-order valence-electron chi connectivity index (χ3n) is 3.79. The summed E-state index contributed by atoms with van der Waals surface area (Å²) in [4.78, 5) is 15.5. The van der Waals surface area contributed by atoms with Crippen molar-refractivity contribution < 1.29 is 17.9 Å². The molecule has 1 amide bonds. The molecule has 0 radical (unpaired) electrons. The van der Waals surface area contributed by atoms with Crippen LogP contribution in [0.2, 0.25) is 0 Å². The van der Waals surface area contributed by atoms with Gasteiger partial charge in [0.25, 0.3) is 0 Å². The number of nitrogens with one attached hydrogen (secondary N) is 4. The zero-order valence-corrected chi connectivity index (χ0v) is 17.0. The third kappa shape index (κ3) is 10.4. The summed E-state index contributed by atoms with van der Waals surface area (Å²) >= 11 is 0. The quantitative estimate of drug-likeness (QED) is 0.256. The molecule has 9 nitrogen and oxygen atoms in total. The minimum absolute atomic E-state index is 0.0173. The molecular weight excluding hydrogens is 358 g/mol. The van der Waals surface area contributed by atoms with E-state index in [-0.39, 0.29) is 12.3 Å². The molecule has 0 aromatic rings. The Hall–Kier alpha value is -1.55. The van der Waals surface area contributed by atoms with Crippen molar-refractivity contribution in [1.82, 2.24) is 20.7 Å². The third-order valence-corrected chi connectivity index (χ3v) is 5.14. The van der Waals surface area contributed by atoms with Crippen LogP contribution in [0.5, 0.6) is 0 Å². The summed E-state index contributed by atoms with van der Waals surface area (Å²) in [5.74, 6) is 0.950. The van der Waals surface area contributed by atoms with E-state index < -0.39 is 21.7 Å². The van der Waals surface area contributed by atoms with Crippen molar-refractivity contribution in [3.05, 3.63) is 0 Å². The lowest BCUT2D eigenvalue weighted by Gasteiger charge is -2.25. The summed E-state index contributed by atoms with van der Waals surface area (Å²) in [6.45, 7) is 6.97. The molecule has 1 aliphatic rings. The first-order chi connectivity index (χ1) is 12.1. The second-order valence-electron chi connectivity index (χ2n) is 7.32. The maximum atomic E-state index is 11.9. The lowest BCUT2D eigenvalue weighted by molar-refractivity contribution is 0.0529. The Morgan fingerprint density at radius 2 is 1.73 bits per heavy atom. The Morgan fingerprint density at radius 3 is 2.27 bits per heavy atom. The van der Waals surface area contributed by atoms with Gasteiger partial charge >= 0.3 is 6.09 Å². The number of aliphatic imine (C=N–C) groups is 1. The van der Waals surface area contributed by atoms with Gasteiger partial charge in [0.1, 0.15) is 5.60 Å². The van der Waals surface area contributed by atoms with Gasteiger partial charge in [-0.3, -0.25) is 4.99 Å². The molecule has 0 saturated heterocycles. The highest BCUT2D eigenvalue weighted by Crippen LogP contribution is 2.25. The van der Waals surface area contributed by atoms with E-state index in [4.69, 9.17) is 4.74 Å². The van der Waals surface area contributed by atoms with Crippen LogP contribution in [0.15, 0.2) is 4.99 Å². The van der Waals surface area contributed by atoms with E-state index in [0.717, 1.165) is 12.8 Å². The van der Waals surface area contributed by atoms with E-state index in [1.54, 1.807) is 27.8 Å². The zero-order valence-electron chi connectivity index (χ0n) is 16.2. The van der Waals surface area contributed by atoms with Crippen LogP contribution in [0.1, 0.15) is 40.0 Å². The molecule has 0 aromatic heterocycles. The Balaban J connectivity index is 2.15. The van der Waals surface area contributed by atoms with Gasteiger partial charge in [-0.15, -0.1) is 0 Å². The van der Waals surface area contributed by atoms with Crippen LogP contribution in [-0.2, 0) is 14.8 Å². The van der Waals surface area contributed by atoms with Crippen molar-refractivity contribution >= 4 is 22.1 Å². The van der Waals surface area contributed by atoms with Gasteiger partial charge in [0, 0.05) is 33.2 Å². The molecular formula is C16H33N5O4S. The number of hydrogen-bond acceptors (Lipinski definition) is 5. The summed E-state index contributed by atoms with van der Waals surface area (Å²) in [6.07, 6.45) is 2.92. The SMILES string of the molecule is CN=C(NCCNC(=O)OC(C)(C)C)NCCS(=O)(=O)NCC1CCC1. The first kappa shape index (κ1) is 22.5. The predicted octanol–water partition coefficient (Wildman–Crippen LogP) is 0.396. The maximum Gasteiger partial charge on any atom is 0.407 e. The highest BCUT2D eigenvalue weighted by Gasteiger charge is 2.20. The van der Waals surface area contributed by atoms with E-state index in [1.807, 2.05) is 0 Å². The van der Waals surface area contributed by atoms with Crippen molar-refractivity contribution in [2.24, 2.45) is 10.9 Å². The van der Waals surface area contributed by atoms with Crippen molar-refractivity contribution in [1.29, 1.82) is 0 Å². The molecule has 26 heavy (non-hydrogen) atoms. The van der Waals surface area contributed by atoms with Gasteiger partial charge in [0.15, 0.2) is 5.96 Å². The molecule has 0 atom stereocenters. The van der Waals surface area contributed by atoms with Crippen molar-refractivity contribution in [3.8, 4) is 0 Å². The number of rotatable bonds is 9. The van der Waals surface area contributed by atoms with Gasteiger partial charge in [0.2, 0.25) is 10.0 Å². The average molecular weight is 392 g/mol. The molecule has 0 bridgehead atoms. The number of ether oxygens (including phenoxy) is 1. The fourth-order valence-corrected chi connectivity index (χ4v) is 3.20. The summed E-state index contributed by atoms with van der Waals surface area (Å²) in [6, 6.07) is 0. The molecule has 0 unspecified atom stereocenters. The average Bonchev–Trinajstić information content (AvgIpc) is 2.46. The fourth-order valence-electron chi connectivity index (χ4n) is 2.20. The molecule has 1 aliphatic carbocycles. The number of alkyl carbamates (subject to hydrolysis) is 1. The van der Waals surface area contributed by atoms with Crippen molar-refractivity contribution in [2.75, 3.05) is 39.0 Å². The molecule has 1 saturated carbocycles. The summed E-state index contributed by atoms with van der Waals surface area (Å²) in [5.41, 5.74) is -0.534. The molecule has 0 aliphatic heterocycles. The first-order valence-electron chi connectivity index (χ1n) is 9.00. The van der Waals surface area contributed by atoms with Gasteiger partial charge in [-0.05, 0) is 39.5 Å². The molecule has 10 heteroatoms. The number of amides is 1. The Morgan fingerprint density at radius 1 is 1.12 bits per heavy atom. The molecule has 1 fully saturated rings. The van der Waals surface area contributed by atoms with E-state index >= 15 is 0 Å². The minimum atomic E-state index is -3.28. The normalized spacial score (nSPS) is 15.9.